The molecule has 0 bridgehead atoms. The Morgan fingerprint density at radius 1 is 1.12 bits per heavy atom. The first-order valence-electron chi connectivity index (χ1n) is 8.13. The molecule has 1 aromatic carbocycles. The van der Waals surface area contributed by atoms with Crippen LogP contribution >= 0.6 is 0 Å². The van der Waals surface area contributed by atoms with Crippen molar-refractivity contribution in [3.8, 4) is 11.4 Å². The molecule has 3 heterocycles. The molecule has 1 aliphatic heterocycles. The average molecular weight is 355 g/mol. The van der Waals surface area contributed by atoms with E-state index in [0.29, 0.717) is 48.6 Å². The number of hydrogen-bond donors (Lipinski definition) is 1. The zero-order valence-electron chi connectivity index (χ0n) is 13.7. The van der Waals surface area contributed by atoms with E-state index in [1.807, 2.05) is 4.90 Å². The third-order valence-electron chi connectivity index (χ3n) is 4.31. The molecule has 8 heteroatoms. The topological polar surface area (TPSA) is 74.8 Å². The van der Waals surface area contributed by atoms with Crippen molar-refractivity contribution in [2.24, 2.45) is 0 Å². The molecule has 6 nitrogen and oxygen atoms in total. The number of nitrogens with zero attached hydrogens (tertiary/aromatic N) is 4. The molecule has 4 rings (SSSR count). The van der Waals surface area contributed by atoms with Crippen molar-refractivity contribution in [3.05, 3.63) is 75.7 Å². The maximum absolute atomic E-state index is 13.4. The van der Waals surface area contributed by atoms with E-state index in [1.54, 1.807) is 12.4 Å². The second-order valence-corrected chi connectivity index (χ2v) is 6.21. The van der Waals surface area contributed by atoms with Crippen molar-refractivity contribution >= 4 is 0 Å². The minimum absolute atomic E-state index is 0.219. The van der Waals surface area contributed by atoms with Crippen LogP contribution in [0.3, 0.4) is 0 Å². The lowest BCUT2D eigenvalue weighted by Gasteiger charge is -2.27. The van der Waals surface area contributed by atoms with Crippen LogP contribution in [-0.4, -0.2) is 31.4 Å². The Kier molecular flexibility index (Phi) is 4.26. The summed E-state index contributed by atoms with van der Waals surface area (Å²) in [6.45, 7) is 1.38. The molecule has 0 radical (unpaired) electrons. The van der Waals surface area contributed by atoms with Gasteiger partial charge in [0.15, 0.2) is 0 Å². The van der Waals surface area contributed by atoms with Gasteiger partial charge in [-0.3, -0.25) is 9.69 Å². The zero-order valence-corrected chi connectivity index (χ0v) is 13.7. The highest BCUT2D eigenvalue weighted by Gasteiger charge is 2.22. The smallest absolute Gasteiger partial charge is 0.255 e. The summed E-state index contributed by atoms with van der Waals surface area (Å²) in [5.41, 5.74) is 2.27. The van der Waals surface area contributed by atoms with Gasteiger partial charge in [-0.15, -0.1) is 0 Å². The normalized spacial score (nSPS) is 14.2. The van der Waals surface area contributed by atoms with Crippen molar-refractivity contribution < 1.29 is 8.78 Å². The first-order valence-corrected chi connectivity index (χ1v) is 8.13. The van der Waals surface area contributed by atoms with Gasteiger partial charge in [0.2, 0.25) is 0 Å². The molecule has 26 heavy (non-hydrogen) atoms. The molecular formula is C18H15F2N5O. The molecule has 132 valence electrons. The Hall–Kier alpha value is -3.00. The van der Waals surface area contributed by atoms with Crippen LogP contribution in [0.4, 0.5) is 8.78 Å². The lowest BCUT2D eigenvalue weighted by Crippen LogP contribution is -2.35. The summed E-state index contributed by atoms with van der Waals surface area (Å²) >= 11 is 0. The molecule has 0 amide bonds. The van der Waals surface area contributed by atoms with E-state index in [-0.39, 0.29) is 5.56 Å². The number of rotatable bonds is 3. The van der Waals surface area contributed by atoms with Crippen molar-refractivity contribution in [1.29, 1.82) is 0 Å². The van der Waals surface area contributed by atoms with E-state index in [9.17, 15) is 13.6 Å². The summed E-state index contributed by atoms with van der Waals surface area (Å²) in [6.07, 6.45) is 5.17. The Labute approximate surface area is 147 Å². The predicted octanol–water partition coefficient (Wildman–Crippen LogP) is 2.06. The highest BCUT2D eigenvalue weighted by atomic mass is 19.1. The summed E-state index contributed by atoms with van der Waals surface area (Å²) in [7, 11) is 0. The number of aromatic amines is 1. The molecule has 0 saturated heterocycles. The highest BCUT2D eigenvalue weighted by molar-refractivity contribution is 5.52. The average Bonchev–Trinajstić information content (AvgIpc) is 2.62. The summed E-state index contributed by atoms with van der Waals surface area (Å²) in [4.78, 5) is 29.6. The minimum atomic E-state index is -0.605. The zero-order chi connectivity index (χ0) is 18.1. The van der Waals surface area contributed by atoms with Gasteiger partial charge in [0.05, 0.1) is 16.8 Å². The number of halogens is 2. The molecule has 0 saturated carbocycles. The van der Waals surface area contributed by atoms with Gasteiger partial charge < -0.3 is 4.98 Å². The van der Waals surface area contributed by atoms with E-state index in [2.05, 4.69) is 19.9 Å². The fraction of sp³-hybridized carbons (Fsp3) is 0.222. The van der Waals surface area contributed by atoms with Gasteiger partial charge in [0.1, 0.15) is 23.8 Å². The van der Waals surface area contributed by atoms with E-state index in [0.717, 1.165) is 11.8 Å². The molecule has 0 unspecified atom stereocenters. The fourth-order valence-corrected chi connectivity index (χ4v) is 3.13. The number of aromatic nitrogens is 4. The molecule has 2 aromatic heterocycles. The van der Waals surface area contributed by atoms with Crippen LogP contribution in [0.15, 0.2) is 41.7 Å². The highest BCUT2D eigenvalue weighted by Crippen LogP contribution is 2.20. The first kappa shape index (κ1) is 16.5. The van der Waals surface area contributed by atoms with E-state index in [4.69, 9.17) is 0 Å². The first-order chi connectivity index (χ1) is 12.6. The maximum atomic E-state index is 13.4. The summed E-state index contributed by atoms with van der Waals surface area (Å²) < 4.78 is 26.7. The second-order valence-electron chi connectivity index (χ2n) is 6.21. The largest absolute Gasteiger partial charge is 0.306 e. The van der Waals surface area contributed by atoms with Crippen LogP contribution in [0.1, 0.15) is 16.8 Å². The van der Waals surface area contributed by atoms with Crippen LogP contribution < -0.4 is 5.56 Å². The van der Waals surface area contributed by atoms with E-state index < -0.39 is 11.6 Å². The lowest BCUT2D eigenvalue weighted by molar-refractivity contribution is 0.241. The molecule has 0 fully saturated rings. The van der Waals surface area contributed by atoms with Crippen molar-refractivity contribution in [2.45, 2.75) is 19.5 Å². The predicted molar refractivity (Wildman–Crippen MR) is 90.1 cm³/mol. The summed E-state index contributed by atoms with van der Waals surface area (Å²) in [5.74, 6) is -0.770. The SMILES string of the molecule is O=c1[nH]c(-c2cncnc2)nc2c1CN(Cc1cc(F)cc(F)c1)CC2. The van der Waals surface area contributed by atoms with Gasteiger partial charge in [-0.25, -0.2) is 23.7 Å². The molecular weight excluding hydrogens is 340 g/mol. The third-order valence-corrected chi connectivity index (χ3v) is 4.31. The molecule has 0 aliphatic carbocycles. The third kappa shape index (κ3) is 3.36. The number of hydrogen-bond acceptors (Lipinski definition) is 5. The summed E-state index contributed by atoms with van der Waals surface area (Å²) in [5, 5.41) is 0. The molecule has 3 aromatic rings. The maximum Gasteiger partial charge on any atom is 0.255 e. The fourth-order valence-electron chi connectivity index (χ4n) is 3.13. The van der Waals surface area contributed by atoms with Gasteiger partial charge in [0.25, 0.3) is 5.56 Å². The quantitative estimate of drug-likeness (QED) is 0.778. The van der Waals surface area contributed by atoms with Gasteiger partial charge in [-0.2, -0.15) is 0 Å². The molecule has 0 spiro atoms. The second kappa shape index (κ2) is 6.72. The minimum Gasteiger partial charge on any atom is -0.306 e. The van der Waals surface area contributed by atoms with Gasteiger partial charge >= 0.3 is 0 Å². The van der Waals surface area contributed by atoms with E-state index >= 15 is 0 Å². The Bertz CT molecular complexity index is 986. The van der Waals surface area contributed by atoms with E-state index in [1.165, 1.54) is 18.5 Å². The molecule has 1 aliphatic rings. The van der Waals surface area contributed by atoms with Gasteiger partial charge in [-0.05, 0) is 17.7 Å². The standard InChI is InChI=1S/C18H15F2N5O/c19-13-3-11(4-14(20)5-13)8-25-2-1-16-15(9-25)18(26)24-17(23-16)12-6-21-10-22-7-12/h3-7,10H,1-2,8-9H2,(H,23,24,26). The van der Waals surface area contributed by atoms with Crippen LogP contribution in [0, 0.1) is 11.6 Å². The Morgan fingerprint density at radius 3 is 2.58 bits per heavy atom. The molecule has 0 atom stereocenters. The van der Waals surface area contributed by atoms with Crippen molar-refractivity contribution in [1.82, 2.24) is 24.8 Å². The van der Waals surface area contributed by atoms with Gasteiger partial charge in [-0.1, -0.05) is 0 Å². The number of nitrogens with one attached hydrogen (secondary N) is 1. The Morgan fingerprint density at radius 2 is 1.85 bits per heavy atom. The monoisotopic (exact) mass is 355 g/mol. The summed E-state index contributed by atoms with van der Waals surface area (Å²) in [6, 6.07) is 3.46. The van der Waals surface area contributed by atoms with Crippen LogP contribution in [0.5, 0.6) is 0 Å². The van der Waals surface area contributed by atoms with Crippen LogP contribution in [-0.2, 0) is 19.5 Å². The number of fused-ring (bicyclic) bond motifs is 1. The van der Waals surface area contributed by atoms with Crippen molar-refractivity contribution in [2.75, 3.05) is 6.54 Å². The van der Waals surface area contributed by atoms with Crippen LogP contribution in [0.25, 0.3) is 11.4 Å². The van der Waals surface area contributed by atoms with Gasteiger partial charge in [0, 0.05) is 44.5 Å². The van der Waals surface area contributed by atoms with Crippen LogP contribution in [0.2, 0.25) is 0 Å². The number of H-pyrrole nitrogens is 1. The van der Waals surface area contributed by atoms with Crippen molar-refractivity contribution in [3.63, 3.8) is 0 Å². The molecule has 1 N–H and O–H groups in total. The lowest BCUT2D eigenvalue weighted by atomic mass is 10.1. The number of benzene rings is 1. The Balaban J connectivity index is 1.58.